The van der Waals surface area contributed by atoms with Gasteiger partial charge in [-0.15, -0.1) is 0 Å². The van der Waals surface area contributed by atoms with Crippen LogP contribution in [0, 0.1) is 6.92 Å². The summed E-state index contributed by atoms with van der Waals surface area (Å²) in [6.45, 7) is 6.66. The van der Waals surface area contributed by atoms with Crippen LogP contribution in [0.5, 0.6) is 0 Å². The Kier molecular flexibility index (Phi) is 7.14. The van der Waals surface area contributed by atoms with Gasteiger partial charge in [-0.1, -0.05) is 146 Å². The molecule has 1 aliphatic rings. The maximum absolute atomic E-state index is 6.81. The van der Waals surface area contributed by atoms with Crippen LogP contribution in [0.1, 0.15) is 16.7 Å². The SMILES string of the molecule is C=C(C(=Nc1oc2ccccc2c1C)c1ccccc1)c1ccc2c(c1)oc1cc(-n3c4ccccc4c4c5ccccc5c5c(c43)[B]c3ccc4ccccc4c3-5)ccc12. The number of aliphatic imine (C=N–C) groups is 1. The Morgan fingerprint density at radius 1 is 0.541 bits per heavy atom. The summed E-state index contributed by atoms with van der Waals surface area (Å²) in [5, 5.41) is 10.7. The fourth-order valence-corrected chi connectivity index (χ4v) is 9.97. The van der Waals surface area contributed by atoms with Crippen molar-refractivity contribution in [2.24, 2.45) is 4.99 Å². The highest BCUT2D eigenvalue weighted by Gasteiger charge is 2.30. The Hall–Kier alpha value is -7.89. The number of nitrogens with zero attached hydrogens (tertiary/aromatic N) is 2. The molecule has 0 spiro atoms. The van der Waals surface area contributed by atoms with Crippen LogP contribution >= 0.6 is 0 Å². The van der Waals surface area contributed by atoms with Crippen LogP contribution in [-0.2, 0) is 0 Å². The van der Waals surface area contributed by atoms with Crippen molar-refractivity contribution in [2.75, 3.05) is 0 Å². The number of fused-ring (bicyclic) bond motifs is 16. The third-order valence-corrected chi connectivity index (χ3v) is 12.8. The van der Waals surface area contributed by atoms with E-state index in [1.807, 2.05) is 36.4 Å². The van der Waals surface area contributed by atoms with Crippen molar-refractivity contribution in [3.05, 3.63) is 199 Å². The minimum atomic E-state index is 0.581. The predicted molar refractivity (Wildman–Crippen MR) is 256 cm³/mol. The number of hydrogen-bond acceptors (Lipinski definition) is 3. The van der Waals surface area contributed by atoms with Gasteiger partial charge in [0.1, 0.15) is 16.7 Å². The third-order valence-electron chi connectivity index (χ3n) is 12.8. The quantitative estimate of drug-likeness (QED) is 0.129. The van der Waals surface area contributed by atoms with Gasteiger partial charge in [-0.25, -0.2) is 4.99 Å². The topological polar surface area (TPSA) is 43.6 Å². The van der Waals surface area contributed by atoms with Gasteiger partial charge in [0.25, 0.3) is 0 Å². The van der Waals surface area contributed by atoms with Crippen LogP contribution < -0.4 is 10.9 Å². The van der Waals surface area contributed by atoms with Gasteiger partial charge in [-0.05, 0) is 87.0 Å². The molecule has 283 valence electrons. The molecule has 0 fully saturated rings. The number of aromatic nitrogens is 1. The van der Waals surface area contributed by atoms with E-state index < -0.39 is 0 Å². The summed E-state index contributed by atoms with van der Waals surface area (Å²) >= 11 is 0. The van der Waals surface area contributed by atoms with Gasteiger partial charge in [-0.2, -0.15) is 0 Å². The summed E-state index contributed by atoms with van der Waals surface area (Å²) in [5.41, 5.74) is 15.4. The first-order valence-electron chi connectivity index (χ1n) is 20.7. The van der Waals surface area contributed by atoms with E-state index in [2.05, 4.69) is 165 Å². The Balaban J connectivity index is 0.988. The summed E-state index contributed by atoms with van der Waals surface area (Å²) in [7, 11) is 2.40. The molecule has 0 unspecified atom stereocenters. The number of rotatable bonds is 5. The smallest absolute Gasteiger partial charge is 0.223 e. The molecular weight excluding hydrogens is 743 g/mol. The van der Waals surface area contributed by atoms with E-state index in [-0.39, 0.29) is 0 Å². The van der Waals surface area contributed by atoms with Crippen molar-refractivity contribution in [3.8, 4) is 16.8 Å². The van der Waals surface area contributed by atoms with Gasteiger partial charge in [0.05, 0.1) is 11.2 Å². The van der Waals surface area contributed by atoms with Gasteiger partial charge in [-0.3, -0.25) is 0 Å². The molecule has 0 saturated carbocycles. The molecule has 61 heavy (non-hydrogen) atoms. The van der Waals surface area contributed by atoms with Crippen LogP contribution in [0.3, 0.4) is 0 Å². The van der Waals surface area contributed by atoms with E-state index in [1.54, 1.807) is 0 Å². The lowest BCUT2D eigenvalue weighted by Gasteiger charge is -2.15. The monoisotopic (exact) mass is 777 g/mol. The third kappa shape index (κ3) is 4.92. The molecule has 1 radical (unpaired) electrons. The number of para-hydroxylation sites is 2. The molecular formula is C56H34BN2O2. The first-order valence-corrected chi connectivity index (χ1v) is 20.7. The van der Waals surface area contributed by atoms with Crippen LogP contribution in [0.15, 0.2) is 196 Å². The Bertz CT molecular complexity index is 3880. The number of aryl methyl sites for hydroxylation is 1. The lowest BCUT2D eigenvalue weighted by Crippen LogP contribution is -2.23. The minimum Gasteiger partial charge on any atom is -0.456 e. The number of allylic oxidation sites excluding steroid dienone is 1. The maximum atomic E-state index is 6.81. The molecule has 0 bridgehead atoms. The second-order valence-corrected chi connectivity index (χ2v) is 16.1. The molecule has 4 nitrogen and oxygen atoms in total. The average molecular weight is 778 g/mol. The van der Waals surface area contributed by atoms with Crippen LogP contribution in [0.4, 0.5) is 5.88 Å². The van der Waals surface area contributed by atoms with E-state index in [1.165, 1.54) is 59.9 Å². The fraction of sp³-hybridized carbons (Fsp3) is 0.0179. The van der Waals surface area contributed by atoms with Crippen molar-refractivity contribution in [2.45, 2.75) is 6.92 Å². The zero-order valence-corrected chi connectivity index (χ0v) is 33.2. The molecule has 0 saturated heterocycles. The highest BCUT2D eigenvalue weighted by molar-refractivity contribution is 6.77. The Labute approximate surface area is 351 Å². The lowest BCUT2D eigenvalue weighted by molar-refractivity contribution is 0.623. The van der Waals surface area contributed by atoms with Gasteiger partial charge in [0.15, 0.2) is 7.28 Å². The van der Waals surface area contributed by atoms with Crippen LogP contribution in [-0.4, -0.2) is 17.6 Å². The largest absolute Gasteiger partial charge is 0.456 e. The predicted octanol–water partition coefficient (Wildman–Crippen LogP) is 13.5. The molecule has 3 aromatic heterocycles. The van der Waals surface area contributed by atoms with E-state index in [0.29, 0.717) is 5.88 Å². The molecule has 9 aromatic carbocycles. The first kappa shape index (κ1) is 34.0. The summed E-state index contributed by atoms with van der Waals surface area (Å²) in [6, 6.07) is 62.3. The van der Waals surface area contributed by atoms with Crippen molar-refractivity contribution < 1.29 is 8.83 Å². The summed E-state index contributed by atoms with van der Waals surface area (Å²) in [4.78, 5) is 5.14. The molecule has 13 rings (SSSR count). The van der Waals surface area contributed by atoms with Crippen molar-refractivity contribution in [3.63, 3.8) is 0 Å². The Morgan fingerprint density at radius 2 is 1.23 bits per heavy atom. The van der Waals surface area contributed by atoms with E-state index in [9.17, 15) is 0 Å². The summed E-state index contributed by atoms with van der Waals surface area (Å²) < 4.78 is 15.5. The van der Waals surface area contributed by atoms with Crippen molar-refractivity contribution >= 4 is 112 Å². The first-order chi connectivity index (χ1) is 30.1. The second-order valence-electron chi connectivity index (χ2n) is 16.1. The second kappa shape index (κ2) is 12.8. The molecule has 0 aliphatic carbocycles. The fourth-order valence-electron chi connectivity index (χ4n) is 9.97. The van der Waals surface area contributed by atoms with Crippen molar-refractivity contribution in [1.29, 1.82) is 0 Å². The lowest BCUT2D eigenvalue weighted by atomic mass is 9.67. The van der Waals surface area contributed by atoms with Gasteiger partial charge < -0.3 is 13.4 Å². The number of hydrogen-bond donors (Lipinski definition) is 0. The standard InChI is InChI=1S/C56H34BN2O2/c1-32(54(35-15-4-3-5-16-35)58-56-33(2)38-17-11-13-23-47(38)61-56)36-24-27-40-41-28-26-37(31-49(41)60-48(40)30-36)59-46-22-12-10-21-44(46)50-42-19-8-9-20-43(42)52-51-39-18-7-6-14-34(39)25-29-45(51)57-53(52)55(50)59/h3-31H,1H2,2H3. The van der Waals surface area contributed by atoms with E-state index >= 15 is 0 Å². The number of furan rings is 2. The minimum absolute atomic E-state index is 0.581. The summed E-state index contributed by atoms with van der Waals surface area (Å²) in [6.07, 6.45) is 0. The average Bonchev–Trinajstić information content (AvgIpc) is 4.07. The Morgan fingerprint density at radius 3 is 2.07 bits per heavy atom. The van der Waals surface area contributed by atoms with Gasteiger partial charge in [0, 0.05) is 60.9 Å². The molecule has 0 amide bonds. The molecule has 12 aromatic rings. The van der Waals surface area contributed by atoms with E-state index in [4.69, 9.17) is 13.8 Å². The normalized spacial score (nSPS) is 12.6. The highest BCUT2D eigenvalue weighted by atomic mass is 16.3. The van der Waals surface area contributed by atoms with Crippen molar-refractivity contribution in [1.82, 2.24) is 4.57 Å². The van der Waals surface area contributed by atoms with Gasteiger partial charge in [0.2, 0.25) is 5.88 Å². The number of benzene rings is 9. The highest BCUT2D eigenvalue weighted by Crippen LogP contribution is 2.44. The summed E-state index contributed by atoms with van der Waals surface area (Å²) in [5.74, 6) is 0.581. The molecule has 5 heteroatoms. The van der Waals surface area contributed by atoms with E-state index in [0.717, 1.165) is 72.1 Å². The maximum Gasteiger partial charge on any atom is 0.223 e. The molecule has 0 atom stereocenters. The molecule has 1 aliphatic heterocycles. The van der Waals surface area contributed by atoms with Gasteiger partial charge >= 0.3 is 0 Å². The van der Waals surface area contributed by atoms with Crippen LogP contribution in [0.25, 0.3) is 98.6 Å². The van der Waals surface area contributed by atoms with Crippen LogP contribution in [0.2, 0.25) is 0 Å². The zero-order valence-electron chi connectivity index (χ0n) is 33.2. The molecule has 0 N–H and O–H groups in total. The zero-order chi connectivity index (χ0) is 40.3. The molecule has 4 heterocycles.